The van der Waals surface area contributed by atoms with Gasteiger partial charge >= 0.3 is 5.97 Å². The van der Waals surface area contributed by atoms with E-state index in [9.17, 15) is 9.59 Å². The quantitative estimate of drug-likeness (QED) is 0.692. The number of para-hydroxylation sites is 1. The Labute approximate surface area is 154 Å². The summed E-state index contributed by atoms with van der Waals surface area (Å²) in [5, 5.41) is 14.8. The molecule has 3 N–H and O–H groups in total. The number of benzene rings is 2. The minimum Gasteiger partial charge on any atom is -0.484 e. The maximum atomic E-state index is 11.9. The van der Waals surface area contributed by atoms with Crippen LogP contribution in [-0.2, 0) is 4.79 Å². The predicted molar refractivity (Wildman–Crippen MR) is 99.4 cm³/mol. The Hall–Kier alpha value is -2.64. The van der Waals surface area contributed by atoms with Gasteiger partial charge in [-0.3, -0.25) is 10.1 Å². The van der Waals surface area contributed by atoms with Crippen molar-refractivity contribution in [3.05, 3.63) is 58.6 Å². The van der Waals surface area contributed by atoms with E-state index in [0.29, 0.717) is 10.8 Å². The van der Waals surface area contributed by atoms with Crippen molar-refractivity contribution in [2.45, 2.75) is 6.92 Å². The monoisotopic (exact) mass is 378 g/mol. The number of rotatable bonds is 5. The number of carbonyl (C=O) groups excluding carboxylic acids is 1. The van der Waals surface area contributed by atoms with Crippen LogP contribution in [0.5, 0.6) is 5.75 Å². The van der Waals surface area contributed by atoms with Crippen LogP contribution in [0.15, 0.2) is 42.5 Å². The normalized spacial score (nSPS) is 10.0. The van der Waals surface area contributed by atoms with Gasteiger partial charge in [0, 0.05) is 5.02 Å². The minimum atomic E-state index is -1.10. The van der Waals surface area contributed by atoms with Gasteiger partial charge < -0.3 is 15.2 Å². The second-order valence-electron chi connectivity index (χ2n) is 5.05. The van der Waals surface area contributed by atoms with Crippen LogP contribution in [-0.4, -0.2) is 28.7 Å². The summed E-state index contributed by atoms with van der Waals surface area (Å²) in [4.78, 5) is 23.0. The molecular formula is C17H15ClN2O4S. The average Bonchev–Trinajstić information content (AvgIpc) is 2.56. The maximum absolute atomic E-state index is 11.9. The van der Waals surface area contributed by atoms with Gasteiger partial charge in [-0.25, -0.2) is 4.79 Å². The highest BCUT2D eigenvalue weighted by molar-refractivity contribution is 7.80. The fourth-order valence-electron chi connectivity index (χ4n) is 1.95. The molecule has 2 aromatic carbocycles. The molecule has 0 bridgehead atoms. The van der Waals surface area contributed by atoms with Gasteiger partial charge in [0.1, 0.15) is 5.75 Å². The summed E-state index contributed by atoms with van der Waals surface area (Å²) >= 11 is 10.9. The fourth-order valence-corrected chi connectivity index (χ4v) is 2.29. The molecule has 0 aliphatic carbocycles. The Bertz CT molecular complexity index is 826. The number of aryl methyl sites for hydroxylation is 1. The Morgan fingerprint density at radius 3 is 2.64 bits per heavy atom. The van der Waals surface area contributed by atoms with Crippen LogP contribution in [0.3, 0.4) is 0 Å². The predicted octanol–water partition coefficient (Wildman–Crippen LogP) is 3.24. The van der Waals surface area contributed by atoms with Gasteiger partial charge in [-0.05, 0) is 55.0 Å². The van der Waals surface area contributed by atoms with Gasteiger partial charge in [0.2, 0.25) is 0 Å². The lowest BCUT2D eigenvalue weighted by Gasteiger charge is -2.12. The molecule has 0 aliphatic rings. The number of halogens is 1. The van der Waals surface area contributed by atoms with Gasteiger partial charge in [-0.2, -0.15) is 0 Å². The second kappa shape index (κ2) is 8.46. The van der Waals surface area contributed by atoms with Gasteiger partial charge in [0.15, 0.2) is 11.7 Å². The van der Waals surface area contributed by atoms with E-state index in [0.717, 1.165) is 5.56 Å². The summed E-state index contributed by atoms with van der Waals surface area (Å²) in [7, 11) is 0. The first-order chi connectivity index (χ1) is 11.9. The molecule has 0 saturated heterocycles. The zero-order valence-corrected chi connectivity index (χ0v) is 14.8. The van der Waals surface area contributed by atoms with Gasteiger partial charge in [-0.1, -0.05) is 23.7 Å². The van der Waals surface area contributed by atoms with Crippen LogP contribution < -0.4 is 15.4 Å². The highest BCUT2D eigenvalue weighted by atomic mass is 35.5. The number of amides is 1. The van der Waals surface area contributed by atoms with Crippen molar-refractivity contribution >= 4 is 46.5 Å². The molecule has 0 unspecified atom stereocenters. The molecule has 2 aromatic rings. The molecule has 0 aliphatic heterocycles. The number of carboxylic acids is 1. The number of thiocarbonyl (C=S) groups is 1. The number of carbonyl (C=O) groups is 2. The van der Waals surface area contributed by atoms with E-state index in [1.54, 1.807) is 36.4 Å². The van der Waals surface area contributed by atoms with Crippen LogP contribution in [0, 0.1) is 6.92 Å². The summed E-state index contributed by atoms with van der Waals surface area (Å²) in [5.74, 6) is -1.07. The number of hydrogen-bond donors (Lipinski definition) is 3. The third kappa shape index (κ3) is 5.44. The third-order valence-corrected chi connectivity index (χ3v) is 3.79. The van der Waals surface area contributed by atoms with E-state index in [2.05, 4.69) is 10.6 Å². The fraction of sp³-hybridized carbons (Fsp3) is 0.118. The second-order valence-corrected chi connectivity index (χ2v) is 5.87. The maximum Gasteiger partial charge on any atom is 0.337 e. The number of hydrogen-bond acceptors (Lipinski definition) is 4. The number of nitrogens with one attached hydrogen (secondary N) is 2. The van der Waals surface area contributed by atoms with Crippen LogP contribution in [0.1, 0.15) is 15.9 Å². The zero-order valence-electron chi connectivity index (χ0n) is 13.2. The largest absolute Gasteiger partial charge is 0.484 e. The van der Waals surface area contributed by atoms with Crippen molar-refractivity contribution < 1.29 is 19.4 Å². The van der Waals surface area contributed by atoms with Crippen LogP contribution in [0.2, 0.25) is 5.02 Å². The Balaban J connectivity index is 1.89. The number of ether oxygens (including phenoxy) is 1. The molecule has 0 saturated carbocycles. The molecule has 1 amide bonds. The van der Waals surface area contributed by atoms with Crippen molar-refractivity contribution in [2.75, 3.05) is 11.9 Å². The van der Waals surface area contributed by atoms with Crippen molar-refractivity contribution in [1.29, 1.82) is 0 Å². The Morgan fingerprint density at radius 1 is 1.24 bits per heavy atom. The number of aromatic carboxylic acids is 1. The molecule has 0 spiro atoms. The first-order valence-corrected chi connectivity index (χ1v) is 7.97. The lowest BCUT2D eigenvalue weighted by Crippen LogP contribution is -2.37. The van der Waals surface area contributed by atoms with Crippen molar-refractivity contribution in [1.82, 2.24) is 5.32 Å². The molecule has 6 nitrogen and oxygen atoms in total. The molecule has 130 valence electrons. The number of carboxylic acid groups (broad SMARTS) is 1. The lowest BCUT2D eigenvalue weighted by molar-refractivity contribution is -0.121. The van der Waals surface area contributed by atoms with Gasteiger partial charge in [0.05, 0.1) is 11.3 Å². The molecule has 0 aromatic heterocycles. The SMILES string of the molecule is Cc1cc(OCC(=O)NC(=S)Nc2ccccc2C(=O)O)ccc1Cl. The molecule has 2 rings (SSSR count). The number of anilines is 1. The topological polar surface area (TPSA) is 87.7 Å². The molecule has 0 fully saturated rings. The van der Waals surface area contributed by atoms with E-state index in [4.69, 9.17) is 33.7 Å². The summed E-state index contributed by atoms with van der Waals surface area (Å²) in [6.45, 7) is 1.58. The Morgan fingerprint density at radius 2 is 1.96 bits per heavy atom. The summed E-state index contributed by atoms with van der Waals surface area (Å²) < 4.78 is 5.36. The van der Waals surface area contributed by atoms with E-state index >= 15 is 0 Å². The van der Waals surface area contributed by atoms with E-state index in [1.165, 1.54) is 6.07 Å². The Kier molecular flexibility index (Phi) is 6.32. The minimum absolute atomic E-state index is 0.0189. The van der Waals surface area contributed by atoms with Gasteiger partial charge in [0.25, 0.3) is 5.91 Å². The molecule has 25 heavy (non-hydrogen) atoms. The summed E-state index contributed by atoms with van der Waals surface area (Å²) in [5.41, 5.74) is 1.17. The van der Waals surface area contributed by atoms with Crippen LogP contribution in [0.25, 0.3) is 0 Å². The first kappa shape index (κ1) is 18.7. The zero-order chi connectivity index (χ0) is 18.4. The highest BCUT2D eigenvalue weighted by Gasteiger charge is 2.12. The lowest BCUT2D eigenvalue weighted by atomic mass is 10.2. The third-order valence-electron chi connectivity index (χ3n) is 3.16. The standard InChI is InChI=1S/C17H15ClN2O4S/c1-10-8-11(6-7-13(10)18)24-9-15(21)20-17(25)19-14-5-3-2-4-12(14)16(22)23/h2-8H,9H2,1H3,(H,22,23)(H2,19,20,21,25). The summed E-state index contributed by atoms with van der Waals surface area (Å²) in [6.07, 6.45) is 0. The molecule has 0 heterocycles. The first-order valence-electron chi connectivity index (χ1n) is 7.19. The molecule has 0 radical (unpaired) electrons. The smallest absolute Gasteiger partial charge is 0.337 e. The van der Waals surface area contributed by atoms with Crippen LogP contribution >= 0.6 is 23.8 Å². The van der Waals surface area contributed by atoms with Gasteiger partial charge in [-0.15, -0.1) is 0 Å². The van der Waals surface area contributed by atoms with E-state index in [-0.39, 0.29) is 23.0 Å². The summed E-state index contributed by atoms with van der Waals surface area (Å²) in [6, 6.07) is 11.3. The molecular weight excluding hydrogens is 364 g/mol. The van der Waals surface area contributed by atoms with Crippen molar-refractivity contribution in [2.24, 2.45) is 0 Å². The van der Waals surface area contributed by atoms with E-state index in [1.807, 2.05) is 6.92 Å². The average molecular weight is 379 g/mol. The molecule has 8 heteroatoms. The molecule has 0 atom stereocenters. The van der Waals surface area contributed by atoms with E-state index < -0.39 is 11.9 Å². The van der Waals surface area contributed by atoms with Crippen molar-refractivity contribution in [3.8, 4) is 5.75 Å². The van der Waals surface area contributed by atoms with Crippen molar-refractivity contribution in [3.63, 3.8) is 0 Å². The van der Waals surface area contributed by atoms with Crippen LogP contribution in [0.4, 0.5) is 5.69 Å². The highest BCUT2D eigenvalue weighted by Crippen LogP contribution is 2.20.